The van der Waals surface area contributed by atoms with Gasteiger partial charge in [0.2, 0.25) is 5.91 Å². The molecule has 0 saturated carbocycles. The average Bonchev–Trinajstić information content (AvgIpc) is 2.88. The van der Waals surface area contributed by atoms with Gasteiger partial charge in [0.15, 0.2) is 0 Å². The second-order valence-corrected chi connectivity index (χ2v) is 6.36. The third-order valence-electron chi connectivity index (χ3n) is 4.29. The van der Waals surface area contributed by atoms with Crippen molar-refractivity contribution in [1.29, 1.82) is 0 Å². The summed E-state index contributed by atoms with van der Waals surface area (Å²) < 4.78 is 0. The Labute approximate surface area is 127 Å². The molecule has 0 aromatic heterocycles. The lowest BCUT2D eigenvalue weighted by Crippen LogP contribution is -2.40. The minimum Gasteiger partial charge on any atom is -0.327 e. The van der Waals surface area contributed by atoms with Gasteiger partial charge in [0.25, 0.3) is 0 Å². The highest BCUT2D eigenvalue weighted by Crippen LogP contribution is 2.27. The van der Waals surface area contributed by atoms with Crippen LogP contribution >= 0.6 is 0 Å². The number of carbonyl (C=O) groups excluding carboxylic acids is 1. The maximum Gasteiger partial charge on any atom is 0.241 e. The number of rotatable bonds is 6. The number of nitrogens with zero attached hydrogens (tertiary/aromatic N) is 2. The van der Waals surface area contributed by atoms with Gasteiger partial charge < -0.3 is 10.6 Å². The average molecular weight is 289 g/mol. The molecule has 0 bridgehead atoms. The van der Waals surface area contributed by atoms with Crippen molar-refractivity contribution in [3.8, 4) is 0 Å². The molecule has 2 N–H and O–H groups in total. The highest BCUT2D eigenvalue weighted by molar-refractivity contribution is 5.96. The predicted octanol–water partition coefficient (Wildman–Crippen LogP) is 1.88. The van der Waals surface area contributed by atoms with Crippen LogP contribution in [0.15, 0.2) is 24.3 Å². The second kappa shape index (κ2) is 7.05. The van der Waals surface area contributed by atoms with Crippen molar-refractivity contribution in [1.82, 2.24) is 4.90 Å². The molecule has 1 atom stereocenters. The molecule has 2 rings (SSSR count). The molecule has 21 heavy (non-hydrogen) atoms. The maximum absolute atomic E-state index is 12.5. The van der Waals surface area contributed by atoms with Gasteiger partial charge in [0.05, 0.1) is 6.54 Å². The summed E-state index contributed by atoms with van der Waals surface area (Å²) in [4.78, 5) is 16.4. The van der Waals surface area contributed by atoms with Gasteiger partial charge in [-0.1, -0.05) is 32.0 Å². The summed E-state index contributed by atoms with van der Waals surface area (Å²) >= 11 is 0. The van der Waals surface area contributed by atoms with E-state index in [4.69, 9.17) is 5.73 Å². The summed E-state index contributed by atoms with van der Waals surface area (Å²) in [6, 6.07) is 8.38. The fourth-order valence-corrected chi connectivity index (χ4v) is 2.70. The number of amides is 1. The van der Waals surface area contributed by atoms with Crippen LogP contribution in [0.4, 0.5) is 5.69 Å². The molecule has 4 heteroatoms. The molecule has 1 aromatic rings. The first-order valence-electron chi connectivity index (χ1n) is 7.81. The lowest BCUT2D eigenvalue weighted by Gasteiger charge is -2.24. The summed E-state index contributed by atoms with van der Waals surface area (Å²) in [5.41, 5.74) is 8.41. The van der Waals surface area contributed by atoms with E-state index in [0.717, 1.165) is 31.6 Å². The Bertz CT molecular complexity index is 487. The van der Waals surface area contributed by atoms with Crippen molar-refractivity contribution >= 4 is 11.6 Å². The van der Waals surface area contributed by atoms with Crippen LogP contribution in [-0.2, 0) is 11.2 Å². The molecule has 0 saturated heterocycles. The van der Waals surface area contributed by atoms with E-state index in [1.807, 2.05) is 30.1 Å². The molecule has 0 aliphatic carbocycles. The molecule has 0 fully saturated rings. The SMILES string of the molecule is CC(C)C(N)CCN(C)CC(=O)N1CCc2ccccc21. The summed E-state index contributed by atoms with van der Waals surface area (Å²) in [7, 11) is 1.99. The van der Waals surface area contributed by atoms with Crippen LogP contribution in [0.1, 0.15) is 25.8 Å². The van der Waals surface area contributed by atoms with Gasteiger partial charge in [-0.3, -0.25) is 9.69 Å². The smallest absolute Gasteiger partial charge is 0.241 e. The molecule has 1 aliphatic heterocycles. The standard InChI is InChI=1S/C17H27N3O/c1-13(2)15(18)9-10-19(3)12-17(21)20-11-8-14-6-4-5-7-16(14)20/h4-7,13,15H,8-12,18H2,1-3H3. The predicted molar refractivity (Wildman–Crippen MR) is 87.4 cm³/mol. The van der Waals surface area contributed by atoms with Crippen molar-refractivity contribution < 1.29 is 4.79 Å². The number of carbonyl (C=O) groups is 1. The van der Waals surface area contributed by atoms with Crippen LogP contribution in [0.3, 0.4) is 0 Å². The molecular weight excluding hydrogens is 262 g/mol. The molecule has 1 unspecified atom stereocenters. The number of fused-ring (bicyclic) bond motifs is 1. The van der Waals surface area contributed by atoms with Gasteiger partial charge in [-0.2, -0.15) is 0 Å². The molecular formula is C17H27N3O. The third-order valence-corrected chi connectivity index (χ3v) is 4.29. The quantitative estimate of drug-likeness (QED) is 0.870. The minimum atomic E-state index is 0.181. The number of benzene rings is 1. The lowest BCUT2D eigenvalue weighted by molar-refractivity contribution is -0.119. The van der Waals surface area contributed by atoms with E-state index in [0.29, 0.717) is 12.5 Å². The molecule has 1 aromatic carbocycles. The van der Waals surface area contributed by atoms with E-state index in [-0.39, 0.29) is 11.9 Å². The lowest BCUT2D eigenvalue weighted by atomic mass is 10.0. The highest BCUT2D eigenvalue weighted by Gasteiger charge is 2.24. The normalized spacial score (nSPS) is 15.6. The Balaban J connectivity index is 1.85. The van der Waals surface area contributed by atoms with E-state index in [2.05, 4.69) is 24.8 Å². The number of para-hydroxylation sites is 1. The fourth-order valence-electron chi connectivity index (χ4n) is 2.70. The molecule has 0 radical (unpaired) electrons. The minimum absolute atomic E-state index is 0.181. The van der Waals surface area contributed by atoms with Crippen molar-refractivity contribution in [3.05, 3.63) is 29.8 Å². The van der Waals surface area contributed by atoms with Crippen molar-refractivity contribution in [2.75, 3.05) is 31.6 Å². The molecule has 116 valence electrons. The van der Waals surface area contributed by atoms with Gasteiger partial charge in [0.1, 0.15) is 0 Å². The Morgan fingerprint density at radius 3 is 2.81 bits per heavy atom. The molecule has 0 spiro atoms. The molecule has 1 aliphatic rings. The third kappa shape index (κ3) is 4.05. The van der Waals surface area contributed by atoms with Crippen LogP contribution < -0.4 is 10.6 Å². The topological polar surface area (TPSA) is 49.6 Å². The monoisotopic (exact) mass is 289 g/mol. The van der Waals surface area contributed by atoms with Gasteiger partial charge in [-0.05, 0) is 44.0 Å². The summed E-state index contributed by atoms with van der Waals surface area (Å²) in [5, 5.41) is 0. The van der Waals surface area contributed by atoms with Gasteiger partial charge >= 0.3 is 0 Å². The number of likely N-dealkylation sites (N-methyl/N-ethyl adjacent to an activating group) is 1. The van der Waals surface area contributed by atoms with E-state index in [1.165, 1.54) is 5.56 Å². The van der Waals surface area contributed by atoms with Crippen LogP contribution in [0.25, 0.3) is 0 Å². The first-order valence-corrected chi connectivity index (χ1v) is 7.81. The zero-order chi connectivity index (χ0) is 15.4. The Hall–Kier alpha value is -1.39. The van der Waals surface area contributed by atoms with E-state index < -0.39 is 0 Å². The van der Waals surface area contributed by atoms with Crippen molar-refractivity contribution in [2.45, 2.75) is 32.7 Å². The maximum atomic E-state index is 12.5. The fraction of sp³-hybridized carbons (Fsp3) is 0.588. The Morgan fingerprint density at radius 1 is 1.38 bits per heavy atom. The Kier molecular flexibility index (Phi) is 5.37. The largest absolute Gasteiger partial charge is 0.327 e. The first-order chi connectivity index (χ1) is 9.99. The number of anilines is 1. The summed E-state index contributed by atoms with van der Waals surface area (Å²) in [6.45, 7) is 6.39. The Morgan fingerprint density at radius 2 is 2.10 bits per heavy atom. The zero-order valence-corrected chi connectivity index (χ0v) is 13.4. The van der Waals surface area contributed by atoms with Crippen molar-refractivity contribution in [2.24, 2.45) is 11.7 Å². The van der Waals surface area contributed by atoms with E-state index in [9.17, 15) is 4.79 Å². The number of hydrogen-bond acceptors (Lipinski definition) is 3. The highest BCUT2D eigenvalue weighted by atomic mass is 16.2. The summed E-state index contributed by atoms with van der Waals surface area (Å²) in [6.07, 6.45) is 1.89. The molecule has 1 amide bonds. The first kappa shape index (κ1) is 16.0. The molecule has 1 heterocycles. The zero-order valence-electron chi connectivity index (χ0n) is 13.4. The van der Waals surface area contributed by atoms with E-state index >= 15 is 0 Å². The molecule has 4 nitrogen and oxygen atoms in total. The van der Waals surface area contributed by atoms with Crippen LogP contribution in [0.2, 0.25) is 0 Å². The van der Waals surface area contributed by atoms with Gasteiger partial charge in [-0.15, -0.1) is 0 Å². The van der Waals surface area contributed by atoms with Crippen LogP contribution in [-0.4, -0.2) is 43.5 Å². The van der Waals surface area contributed by atoms with Crippen LogP contribution in [0.5, 0.6) is 0 Å². The number of hydrogen-bond donors (Lipinski definition) is 1. The second-order valence-electron chi connectivity index (χ2n) is 6.36. The summed E-state index contributed by atoms with van der Waals surface area (Å²) in [5.74, 6) is 0.667. The van der Waals surface area contributed by atoms with Gasteiger partial charge in [-0.25, -0.2) is 0 Å². The van der Waals surface area contributed by atoms with E-state index in [1.54, 1.807) is 0 Å². The van der Waals surface area contributed by atoms with Crippen molar-refractivity contribution in [3.63, 3.8) is 0 Å². The van der Waals surface area contributed by atoms with Crippen LogP contribution in [0, 0.1) is 5.92 Å². The number of nitrogens with two attached hydrogens (primary N) is 1. The van der Waals surface area contributed by atoms with Gasteiger partial charge in [0, 0.05) is 18.3 Å².